The summed E-state index contributed by atoms with van der Waals surface area (Å²) in [7, 11) is 1.66. The largest absolute Gasteiger partial charge is 0.359 e. The van der Waals surface area contributed by atoms with Crippen LogP contribution >= 0.6 is 12.4 Å². The van der Waals surface area contributed by atoms with Gasteiger partial charge in [-0.3, -0.25) is 9.59 Å². The second-order valence-corrected chi connectivity index (χ2v) is 5.63. The Hall–Kier alpha value is -0.810. The van der Waals surface area contributed by atoms with E-state index in [1.165, 1.54) is 12.8 Å². The van der Waals surface area contributed by atoms with Crippen LogP contribution in [-0.4, -0.2) is 49.4 Å². The number of carbonyl (C=O) groups is 2. The fourth-order valence-electron chi connectivity index (χ4n) is 3.08. The van der Waals surface area contributed by atoms with Gasteiger partial charge < -0.3 is 15.5 Å². The Bertz CT molecular complexity index is 332. The molecule has 0 aromatic rings. The van der Waals surface area contributed by atoms with Gasteiger partial charge in [0.15, 0.2) is 0 Å². The number of nitrogens with zero attached hydrogens (tertiary/aromatic N) is 1. The summed E-state index contributed by atoms with van der Waals surface area (Å²) >= 11 is 0. The second kappa shape index (κ2) is 8.47. The number of carbonyl (C=O) groups excluding carboxylic acids is 2. The lowest BCUT2D eigenvalue weighted by Gasteiger charge is -2.32. The van der Waals surface area contributed by atoms with Crippen LogP contribution in [0.4, 0.5) is 0 Å². The molecule has 2 amide bonds. The van der Waals surface area contributed by atoms with E-state index in [0.717, 1.165) is 32.4 Å². The van der Waals surface area contributed by atoms with Crippen LogP contribution in [0.5, 0.6) is 0 Å². The van der Waals surface area contributed by atoms with E-state index in [4.69, 9.17) is 0 Å². The quantitative estimate of drug-likeness (QED) is 0.812. The monoisotopic (exact) mass is 303 g/mol. The van der Waals surface area contributed by atoms with E-state index in [1.54, 1.807) is 7.05 Å². The van der Waals surface area contributed by atoms with Gasteiger partial charge in [-0.1, -0.05) is 0 Å². The molecule has 20 heavy (non-hydrogen) atoms. The first kappa shape index (κ1) is 17.2. The molecule has 2 aliphatic heterocycles. The highest BCUT2D eigenvalue weighted by Crippen LogP contribution is 2.19. The molecule has 2 rings (SSSR count). The second-order valence-electron chi connectivity index (χ2n) is 5.63. The van der Waals surface area contributed by atoms with Gasteiger partial charge in [-0.2, -0.15) is 0 Å². The highest BCUT2D eigenvalue weighted by molar-refractivity contribution is 5.85. The molecule has 0 radical (unpaired) electrons. The van der Waals surface area contributed by atoms with Crippen molar-refractivity contribution >= 4 is 24.2 Å². The van der Waals surface area contributed by atoms with Crippen LogP contribution in [-0.2, 0) is 9.59 Å². The van der Waals surface area contributed by atoms with Crippen molar-refractivity contribution in [2.75, 3.05) is 26.7 Å². The summed E-state index contributed by atoms with van der Waals surface area (Å²) in [6.45, 7) is 2.49. The normalized spacial score (nSPS) is 25.9. The Balaban J connectivity index is 0.00000200. The van der Waals surface area contributed by atoms with Crippen molar-refractivity contribution in [3.05, 3.63) is 0 Å². The van der Waals surface area contributed by atoms with E-state index in [0.29, 0.717) is 19.0 Å². The van der Waals surface area contributed by atoms with Crippen LogP contribution in [0.2, 0.25) is 0 Å². The lowest BCUT2D eigenvalue weighted by molar-refractivity contribution is -0.135. The molecular weight excluding hydrogens is 278 g/mol. The number of likely N-dealkylation sites (tertiary alicyclic amines) is 1. The van der Waals surface area contributed by atoms with Gasteiger partial charge in [0.2, 0.25) is 11.8 Å². The van der Waals surface area contributed by atoms with Gasteiger partial charge >= 0.3 is 0 Å². The standard InChI is InChI=1S/C14H25N3O2.ClH/c1-15-14(19)11-4-3-9-17(10-11)13(18)7-6-12-5-2-8-16-12;/h11-12,16H,2-10H2,1H3,(H,15,19);1H. The van der Waals surface area contributed by atoms with Crippen molar-refractivity contribution in [1.29, 1.82) is 0 Å². The third-order valence-electron chi connectivity index (χ3n) is 4.26. The van der Waals surface area contributed by atoms with Crippen LogP contribution < -0.4 is 10.6 Å². The number of rotatable bonds is 4. The van der Waals surface area contributed by atoms with E-state index in [1.807, 2.05) is 4.90 Å². The predicted molar refractivity (Wildman–Crippen MR) is 80.9 cm³/mol. The number of hydrogen-bond donors (Lipinski definition) is 2. The molecule has 2 fully saturated rings. The summed E-state index contributed by atoms with van der Waals surface area (Å²) in [5.41, 5.74) is 0. The molecule has 2 atom stereocenters. The Morgan fingerprint density at radius 3 is 2.75 bits per heavy atom. The van der Waals surface area contributed by atoms with Crippen molar-refractivity contribution in [3.8, 4) is 0 Å². The molecule has 6 heteroatoms. The van der Waals surface area contributed by atoms with E-state index in [2.05, 4.69) is 10.6 Å². The minimum atomic E-state index is -0.0210. The van der Waals surface area contributed by atoms with Gasteiger partial charge in [0.1, 0.15) is 0 Å². The maximum absolute atomic E-state index is 12.2. The summed E-state index contributed by atoms with van der Waals surface area (Å²) in [4.78, 5) is 25.7. The number of amides is 2. The zero-order valence-corrected chi connectivity index (χ0v) is 13.0. The van der Waals surface area contributed by atoms with Crippen molar-refractivity contribution in [3.63, 3.8) is 0 Å². The van der Waals surface area contributed by atoms with Gasteiger partial charge in [-0.15, -0.1) is 12.4 Å². The van der Waals surface area contributed by atoms with Gasteiger partial charge in [-0.05, 0) is 38.6 Å². The Morgan fingerprint density at radius 1 is 1.30 bits per heavy atom. The van der Waals surface area contributed by atoms with Crippen molar-refractivity contribution in [2.45, 2.75) is 44.6 Å². The minimum Gasteiger partial charge on any atom is -0.359 e. The maximum atomic E-state index is 12.2. The molecule has 2 heterocycles. The van der Waals surface area contributed by atoms with Crippen LogP contribution in [0.3, 0.4) is 0 Å². The fourth-order valence-corrected chi connectivity index (χ4v) is 3.08. The summed E-state index contributed by atoms with van der Waals surface area (Å²) in [6.07, 6.45) is 5.78. The van der Waals surface area contributed by atoms with E-state index >= 15 is 0 Å². The highest BCUT2D eigenvalue weighted by atomic mass is 35.5. The van der Waals surface area contributed by atoms with Crippen LogP contribution in [0.25, 0.3) is 0 Å². The molecule has 0 bridgehead atoms. The molecule has 2 aliphatic rings. The smallest absolute Gasteiger partial charge is 0.224 e. The zero-order valence-electron chi connectivity index (χ0n) is 12.2. The van der Waals surface area contributed by atoms with Crippen LogP contribution in [0, 0.1) is 5.92 Å². The molecule has 2 unspecified atom stereocenters. The van der Waals surface area contributed by atoms with Crippen molar-refractivity contribution in [2.24, 2.45) is 5.92 Å². The van der Waals surface area contributed by atoms with Crippen molar-refractivity contribution < 1.29 is 9.59 Å². The first-order valence-electron chi connectivity index (χ1n) is 7.43. The SMILES string of the molecule is CNC(=O)C1CCCN(C(=O)CCC2CCCN2)C1.Cl. The predicted octanol–water partition coefficient (Wildman–Crippen LogP) is 0.925. The first-order valence-corrected chi connectivity index (χ1v) is 7.43. The first-order chi connectivity index (χ1) is 9.20. The number of hydrogen-bond acceptors (Lipinski definition) is 3. The Labute approximate surface area is 127 Å². The fraction of sp³-hybridized carbons (Fsp3) is 0.857. The Morgan fingerprint density at radius 2 is 2.10 bits per heavy atom. The zero-order chi connectivity index (χ0) is 13.7. The van der Waals surface area contributed by atoms with E-state index in [-0.39, 0.29) is 30.1 Å². The molecule has 116 valence electrons. The summed E-state index contributed by atoms with van der Waals surface area (Å²) < 4.78 is 0. The summed E-state index contributed by atoms with van der Waals surface area (Å²) in [5.74, 6) is 0.254. The lowest BCUT2D eigenvalue weighted by Crippen LogP contribution is -2.45. The number of halogens is 1. The molecule has 0 aliphatic carbocycles. The number of piperidine rings is 1. The lowest BCUT2D eigenvalue weighted by atomic mass is 9.96. The average Bonchev–Trinajstić information content (AvgIpc) is 2.97. The number of nitrogens with one attached hydrogen (secondary N) is 2. The Kier molecular flexibility index (Phi) is 7.30. The van der Waals surface area contributed by atoms with E-state index < -0.39 is 0 Å². The van der Waals surface area contributed by atoms with Gasteiger partial charge in [-0.25, -0.2) is 0 Å². The molecule has 2 saturated heterocycles. The van der Waals surface area contributed by atoms with Gasteiger partial charge in [0.05, 0.1) is 5.92 Å². The summed E-state index contributed by atoms with van der Waals surface area (Å²) in [6, 6.07) is 0.517. The maximum Gasteiger partial charge on any atom is 0.224 e. The average molecular weight is 304 g/mol. The topological polar surface area (TPSA) is 61.4 Å². The molecular formula is C14H26ClN3O2. The minimum absolute atomic E-state index is 0. The molecule has 0 aromatic heterocycles. The molecule has 0 aromatic carbocycles. The highest BCUT2D eigenvalue weighted by Gasteiger charge is 2.28. The van der Waals surface area contributed by atoms with Crippen LogP contribution in [0.15, 0.2) is 0 Å². The van der Waals surface area contributed by atoms with Gasteiger partial charge in [0, 0.05) is 32.6 Å². The molecule has 2 N–H and O–H groups in total. The third-order valence-corrected chi connectivity index (χ3v) is 4.26. The van der Waals surface area contributed by atoms with Gasteiger partial charge in [0.25, 0.3) is 0 Å². The third kappa shape index (κ3) is 4.63. The van der Waals surface area contributed by atoms with Crippen molar-refractivity contribution in [1.82, 2.24) is 15.5 Å². The van der Waals surface area contributed by atoms with Crippen LogP contribution in [0.1, 0.15) is 38.5 Å². The molecule has 0 saturated carbocycles. The molecule has 0 spiro atoms. The van der Waals surface area contributed by atoms with E-state index in [9.17, 15) is 9.59 Å². The summed E-state index contributed by atoms with van der Waals surface area (Å²) in [5, 5.41) is 6.10. The molecule has 5 nitrogen and oxygen atoms in total.